The van der Waals surface area contributed by atoms with E-state index in [1.807, 2.05) is 13.0 Å². The van der Waals surface area contributed by atoms with Crippen molar-refractivity contribution in [1.29, 1.82) is 0 Å². The summed E-state index contributed by atoms with van der Waals surface area (Å²) in [5.41, 5.74) is 0.407. The number of nitrogens with one attached hydrogen (secondary N) is 1. The molecule has 0 fully saturated rings. The average Bonchev–Trinajstić information content (AvgIpc) is 2.61. The van der Waals surface area contributed by atoms with E-state index in [4.69, 9.17) is 4.74 Å². The molecule has 2 amide bonds. The maximum atomic E-state index is 12.2. The molecule has 0 heterocycles. The Bertz CT molecular complexity index is 514. The molecule has 0 atom stereocenters. The van der Waals surface area contributed by atoms with Crippen LogP contribution in [0.4, 0.5) is 0 Å². The lowest BCUT2D eigenvalue weighted by Crippen LogP contribution is -2.30. The van der Waals surface area contributed by atoms with E-state index in [1.165, 1.54) is 44.9 Å². The van der Waals surface area contributed by atoms with Crippen molar-refractivity contribution < 1.29 is 14.3 Å². The van der Waals surface area contributed by atoms with Gasteiger partial charge in [-0.25, -0.2) is 0 Å². The van der Waals surface area contributed by atoms with Gasteiger partial charge in [0.15, 0.2) is 0 Å². The molecule has 1 aromatic rings. The van der Waals surface area contributed by atoms with Crippen LogP contribution in [0, 0.1) is 0 Å². The SMILES string of the molecule is CCCCCCCCCCCC(=O)NC(=O)c1ccccc1OCC. The largest absolute Gasteiger partial charge is 0.493 e. The summed E-state index contributed by atoms with van der Waals surface area (Å²) in [4.78, 5) is 24.1. The van der Waals surface area contributed by atoms with Gasteiger partial charge in [-0.1, -0.05) is 70.4 Å². The van der Waals surface area contributed by atoms with Gasteiger partial charge in [-0.15, -0.1) is 0 Å². The standard InChI is InChI=1S/C21H33NO3/c1-3-5-6-7-8-9-10-11-12-17-20(23)22-21(24)18-15-13-14-16-19(18)25-4-2/h13-16H,3-12,17H2,1-2H3,(H,22,23,24). The van der Waals surface area contributed by atoms with Crippen molar-refractivity contribution in [3.8, 4) is 5.75 Å². The molecule has 0 saturated heterocycles. The van der Waals surface area contributed by atoms with E-state index in [2.05, 4.69) is 12.2 Å². The van der Waals surface area contributed by atoms with Crippen LogP contribution in [0.3, 0.4) is 0 Å². The number of ether oxygens (including phenoxy) is 1. The summed E-state index contributed by atoms with van der Waals surface area (Å²) >= 11 is 0. The summed E-state index contributed by atoms with van der Waals surface area (Å²) in [6, 6.07) is 6.99. The highest BCUT2D eigenvalue weighted by molar-refractivity contribution is 6.06. The van der Waals surface area contributed by atoms with E-state index in [9.17, 15) is 9.59 Å². The molecule has 0 aliphatic carbocycles. The highest BCUT2D eigenvalue weighted by Crippen LogP contribution is 2.17. The van der Waals surface area contributed by atoms with Crippen LogP contribution in [-0.2, 0) is 4.79 Å². The summed E-state index contributed by atoms with van der Waals surface area (Å²) in [7, 11) is 0. The number of unbranched alkanes of at least 4 members (excludes halogenated alkanes) is 8. The third-order valence-electron chi connectivity index (χ3n) is 4.19. The lowest BCUT2D eigenvalue weighted by Gasteiger charge is -2.09. The van der Waals surface area contributed by atoms with Crippen LogP contribution < -0.4 is 10.1 Å². The van der Waals surface area contributed by atoms with Crippen LogP contribution in [0.25, 0.3) is 0 Å². The Hall–Kier alpha value is -1.84. The van der Waals surface area contributed by atoms with Crippen molar-refractivity contribution in [3.05, 3.63) is 29.8 Å². The Morgan fingerprint density at radius 2 is 1.48 bits per heavy atom. The van der Waals surface area contributed by atoms with Crippen LogP contribution in [0.1, 0.15) is 88.4 Å². The third-order valence-corrected chi connectivity index (χ3v) is 4.19. The lowest BCUT2D eigenvalue weighted by molar-refractivity contribution is -0.120. The van der Waals surface area contributed by atoms with Crippen molar-refractivity contribution >= 4 is 11.8 Å². The minimum atomic E-state index is -0.384. The minimum absolute atomic E-state index is 0.209. The van der Waals surface area contributed by atoms with Gasteiger partial charge in [0.05, 0.1) is 12.2 Å². The Morgan fingerprint density at radius 3 is 2.12 bits per heavy atom. The zero-order valence-corrected chi connectivity index (χ0v) is 15.8. The summed E-state index contributed by atoms with van der Waals surface area (Å²) in [6.45, 7) is 4.57. The molecule has 0 aliphatic heterocycles. The summed E-state index contributed by atoms with van der Waals surface area (Å²) in [5, 5.41) is 2.46. The third kappa shape index (κ3) is 9.28. The first kappa shape index (κ1) is 21.2. The Labute approximate surface area is 152 Å². The normalized spacial score (nSPS) is 10.5. The van der Waals surface area contributed by atoms with Crippen molar-refractivity contribution in [2.45, 2.75) is 78.1 Å². The number of benzene rings is 1. The molecular weight excluding hydrogens is 314 g/mol. The second-order valence-electron chi connectivity index (χ2n) is 6.38. The first-order chi connectivity index (χ1) is 12.2. The van der Waals surface area contributed by atoms with Gasteiger partial charge < -0.3 is 4.74 Å². The quantitative estimate of drug-likeness (QED) is 0.495. The van der Waals surface area contributed by atoms with E-state index < -0.39 is 0 Å². The first-order valence-corrected chi connectivity index (χ1v) is 9.75. The molecule has 140 valence electrons. The second kappa shape index (κ2) is 13.5. The van der Waals surface area contributed by atoms with E-state index in [-0.39, 0.29) is 11.8 Å². The molecule has 4 heteroatoms. The van der Waals surface area contributed by atoms with Crippen LogP contribution in [0.15, 0.2) is 24.3 Å². The van der Waals surface area contributed by atoms with Gasteiger partial charge in [0.2, 0.25) is 5.91 Å². The maximum absolute atomic E-state index is 12.2. The molecule has 4 nitrogen and oxygen atoms in total. The first-order valence-electron chi connectivity index (χ1n) is 9.75. The van der Waals surface area contributed by atoms with Gasteiger partial charge in [0, 0.05) is 6.42 Å². The predicted octanol–water partition coefficient (Wildman–Crippen LogP) is 5.26. The number of imide groups is 1. The molecule has 0 saturated carbocycles. The zero-order chi connectivity index (χ0) is 18.3. The van der Waals surface area contributed by atoms with Crippen LogP contribution in [0.5, 0.6) is 5.75 Å². The molecule has 1 aromatic carbocycles. The number of carbonyl (C=O) groups excluding carboxylic acids is 2. The Balaban J connectivity index is 2.19. The van der Waals surface area contributed by atoms with Crippen molar-refractivity contribution in [2.75, 3.05) is 6.61 Å². The van der Waals surface area contributed by atoms with Gasteiger partial charge in [-0.2, -0.15) is 0 Å². The Morgan fingerprint density at radius 1 is 0.880 bits per heavy atom. The minimum Gasteiger partial charge on any atom is -0.493 e. The second-order valence-corrected chi connectivity index (χ2v) is 6.38. The predicted molar refractivity (Wildman–Crippen MR) is 102 cm³/mol. The van der Waals surface area contributed by atoms with Crippen LogP contribution in [-0.4, -0.2) is 18.4 Å². The molecule has 1 N–H and O–H groups in total. The lowest BCUT2D eigenvalue weighted by atomic mass is 10.1. The molecule has 0 aliphatic rings. The van der Waals surface area contributed by atoms with Gasteiger partial charge >= 0.3 is 0 Å². The highest BCUT2D eigenvalue weighted by atomic mass is 16.5. The summed E-state index contributed by atoms with van der Waals surface area (Å²) in [5.74, 6) is -0.0809. The van der Waals surface area contributed by atoms with Crippen molar-refractivity contribution in [2.24, 2.45) is 0 Å². The topological polar surface area (TPSA) is 55.4 Å². The van der Waals surface area contributed by atoms with Crippen molar-refractivity contribution in [3.63, 3.8) is 0 Å². The number of hydrogen-bond acceptors (Lipinski definition) is 3. The molecule has 25 heavy (non-hydrogen) atoms. The fourth-order valence-corrected chi connectivity index (χ4v) is 2.79. The van der Waals surface area contributed by atoms with Gasteiger partial charge in [0.1, 0.15) is 5.75 Å². The molecule has 1 rings (SSSR count). The monoisotopic (exact) mass is 347 g/mol. The fraction of sp³-hybridized carbons (Fsp3) is 0.619. The molecular formula is C21H33NO3. The van der Waals surface area contributed by atoms with E-state index in [1.54, 1.807) is 18.2 Å². The number of rotatable bonds is 13. The summed E-state index contributed by atoms with van der Waals surface area (Å²) < 4.78 is 5.43. The molecule has 0 bridgehead atoms. The highest BCUT2D eigenvalue weighted by Gasteiger charge is 2.14. The smallest absolute Gasteiger partial charge is 0.261 e. The van der Waals surface area contributed by atoms with Crippen LogP contribution in [0.2, 0.25) is 0 Å². The number of hydrogen-bond donors (Lipinski definition) is 1. The van der Waals surface area contributed by atoms with Gasteiger partial charge in [-0.3, -0.25) is 14.9 Å². The number of carbonyl (C=O) groups is 2. The fourth-order valence-electron chi connectivity index (χ4n) is 2.79. The maximum Gasteiger partial charge on any atom is 0.261 e. The zero-order valence-electron chi connectivity index (χ0n) is 15.8. The molecule has 0 unspecified atom stereocenters. The summed E-state index contributed by atoms with van der Waals surface area (Å²) in [6.07, 6.45) is 11.3. The number of para-hydroxylation sites is 1. The Kier molecular flexibility index (Phi) is 11.4. The average molecular weight is 347 g/mol. The van der Waals surface area contributed by atoms with Gasteiger partial charge in [0.25, 0.3) is 5.91 Å². The van der Waals surface area contributed by atoms with Crippen molar-refractivity contribution in [1.82, 2.24) is 5.32 Å². The van der Waals surface area contributed by atoms with E-state index >= 15 is 0 Å². The van der Waals surface area contributed by atoms with E-state index in [0.717, 1.165) is 12.8 Å². The molecule has 0 radical (unpaired) electrons. The van der Waals surface area contributed by atoms with Gasteiger partial charge in [-0.05, 0) is 25.5 Å². The molecule has 0 spiro atoms. The number of amides is 2. The molecule has 0 aromatic heterocycles. The van der Waals surface area contributed by atoms with E-state index in [0.29, 0.717) is 24.3 Å². The van der Waals surface area contributed by atoms with Crippen LogP contribution >= 0.6 is 0 Å².